The maximum atomic E-state index is 11.2. The minimum absolute atomic E-state index is 0.168. The number of aliphatic carboxylic acids is 1. The molecule has 0 radical (unpaired) electrons. The van der Waals surface area contributed by atoms with Crippen molar-refractivity contribution in [2.45, 2.75) is 6.42 Å². The Bertz CT molecular complexity index is 632. The van der Waals surface area contributed by atoms with Crippen molar-refractivity contribution in [3.63, 3.8) is 0 Å². The Hall–Kier alpha value is -2.75. The van der Waals surface area contributed by atoms with Gasteiger partial charge in [0.1, 0.15) is 11.5 Å². The first-order chi connectivity index (χ1) is 10.2. The Morgan fingerprint density at radius 2 is 1.76 bits per heavy atom. The van der Waals surface area contributed by atoms with Crippen molar-refractivity contribution >= 4 is 5.97 Å². The topological polar surface area (TPSA) is 55.8 Å². The van der Waals surface area contributed by atoms with Crippen molar-refractivity contribution in [1.82, 2.24) is 0 Å². The molecule has 0 aliphatic heterocycles. The van der Waals surface area contributed by atoms with Gasteiger partial charge in [-0.1, -0.05) is 36.4 Å². The van der Waals surface area contributed by atoms with Gasteiger partial charge in [-0.2, -0.15) is 0 Å². The number of para-hydroxylation sites is 2. The van der Waals surface area contributed by atoms with Gasteiger partial charge in [0.05, 0.1) is 18.9 Å². The van der Waals surface area contributed by atoms with Crippen LogP contribution in [0.5, 0.6) is 11.5 Å². The lowest BCUT2D eigenvalue weighted by atomic mass is 10.1. The number of ether oxygens (including phenoxy) is 2. The van der Waals surface area contributed by atoms with Crippen LogP contribution in [0.3, 0.4) is 0 Å². The van der Waals surface area contributed by atoms with Crippen LogP contribution in [0, 0.1) is 0 Å². The molecule has 21 heavy (non-hydrogen) atoms. The molecule has 0 fully saturated rings. The van der Waals surface area contributed by atoms with E-state index in [4.69, 9.17) is 14.6 Å². The van der Waals surface area contributed by atoms with Crippen molar-refractivity contribution in [2.24, 2.45) is 0 Å². The van der Waals surface area contributed by atoms with Crippen LogP contribution in [-0.2, 0) is 16.0 Å². The van der Waals surface area contributed by atoms with E-state index in [1.165, 1.54) is 13.4 Å². The van der Waals surface area contributed by atoms with E-state index >= 15 is 0 Å². The fourth-order valence-electron chi connectivity index (χ4n) is 1.88. The molecule has 4 nitrogen and oxygen atoms in total. The highest BCUT2D eigenvalue weighted by atomic mass is 16.5. The molecule has 0 aliphatic carbocycles. The van der Waals surface area contributed by atoms with Gasteiger partial charge in [0.15, 0.2) is 0 Å². The van der Waals surface area contributed by atoms with Gasteiger partial charge in [-0.05, 0) is 23.8 Å². The quantitative estimate of drug-likeness (QED) is 0.650. The van der Waals surface area contributed by atoms with E-state index < -0.39 is 5.97 Å². The highest BCUT2D eigenvalue weighted by molar-refractivity contribution is 5.86. The summed E-state index contributed by atoms with van der Waals surface area (Å²) < 4.78 is 10.6. The third kappa shape index (κ3) is 4.11. The molecule has 1 N–H and O–H groups in total. The summed E-state index contributed by atoms with van der Waals surface area (Å²) in [6.45, 7) is 0. The van der Waals surface area contributed by atoms with E-state index in [1.54, 1.807) is 0 Å². The van der Waals surface area contributed by atoms with Crippen LogP contribution in [0.25, 0.3) is 0 Å². The Labute approximate surface area is 123 Å². The maximum Gasteiger partial charge on any atom is 0.335 e. The molecule has 0 unspecified atom stereocenters. The second-order valence-electron chi connectivity index (χ2n) is 4.38. The van der Waals surface area contributed by atoms with Crippen molar-refractivity contribution in [3.8, 4) is 11.5 Å². The fourth-order valence-corrected chi connectivity index (χ4v) is 1.88. The van der Waals surface area contributed by atoms with E-state index in [0.29, 0.717) is 11.5 Å². The molecule has 0 aliphatic rings. The number of hydrogen-bond donors (Lipinski definition) is 1. The summed E-state index contributed by atoms with van der Waals surface area (Å²) in [5, 5.41) is 9.16. The van der Waals surface area contributed by atoms with Gasteiger partial charge in [-0.15, -0.1) is 0 Å². The van der Waals surface area contributed by atoms with Crippen molar-refractivity contribution in [3.05, 3.63) is 72.0 Å². The standard InChI is InChI=1S/C17H16O4/c1-20-12-14(17(18)19)11-13-7-5-6-10-16(13)21-15-8-3-2-4-9-15/h2-10,12H,11H2,1H3,(H,18,19)/b14-12+. The normalized spacial score (nSPS) is 11.0. The lowest BCUT2D eigenvalue weighted by Crippen LogP contribution is -2.05. The molecule has 0 saturated carbocycles. The van der Waals surface area contributed by atoms with Crippen molar-refractivity contribution in [1.29, 1.82) is 0 Å². The first kappa shape index (κ1) is 14.7. The fraction of sp³-hybridized carbons (Fsp3) is 0.118. The summed E-state index contributed by atoms with van der Waals surface area (Å²) in [6.07, 6.45) is 1.47. The predicted molar refractivity (Wildman–Crippen MR) is 79.4 cm³/mol. The minimum atomic E-state index is -1.01. The zero-order chi connectivity index (χ0) is 15.1. The Kier molecular flexibility index (Phi) is 4.99. The largest absolute Gasteiger partial charge is 0.504 e. The number of carboxylic acid groups (broad SMARTS) is 1. The molecule has 108 valence electrons. The molecule has 0 spiro atoms. The Balaban J connectivity index is 2.24. The molecule has 2 rings (SSSR count). The van der Waals surface area contributed by atoms with Crippen LogP contribution in [-0.4, -0.2) is 18.2 Å². The van der Waals surface area contributed by atoms with Gasteiger partial charge in [0, 0.05) is 6.42 Å². The maximum absolute atomic E-state index is 11.2. The summed E-state index contributed by atoms with van der Waals surface area (Å²) in [4.78, 5) is 11.2. The molecule has 4 heteroatoms. The van der Waals surface area contributed by atoms with Crippen molar-refractivity contribution < 1.29 is 19.4 Å². The Morgan fingerprint density at radius 1 is 1.10 bits per heavy atom. The van der Waals surface area contributed by atoms with Crippen molar-refractivity contribution in [2.75, 3.05) is 7.11 Å². The monoisotopic (exact) mass is 284 g/mol. The van der Waals surface area contributed by atoms with E-state index in [-0.39, 0.29) is 12.0 Å². The number of rotatable bonds is 6. The third-order valence-electron chi connectivity index (χ3n) is 2.86. The van der Waals surface area contributed by atoms with Gasteiger partial charge in [0.25, 0.3) is 0 Å². The first-order valence-corrected chi connectivity index (χ1v) is 6.46. The Morgan fingerprint density at radius 3 is 2.43 bits per heavy atom. The van der Waals surface area contributed by atoms with E-state index in [2.05, 4.69) is 0 Å². The summed E-state index contributed by atoms with van der Waals surface area (Å²) in [7, 11) is 1.43. The summed E-state index contributed by atoms with van der Waals surface area (Å²) in [5.74, 6) is 0.330. The smallest absolute Gasteiger partial charge is 0.335 e. The number of carbonyl (C=O) groups is 1. The third-order valence-corrected chi connectivity index (χ3v) is 2.86. The highest BCUT2D eigenvalue weighted by Crippen LogP contribution is 2.26. The molecule has 2 aromatic carbocycles. The zero-order valence-electron chi connectivity index (χ0n) is 11.7. The van der Waals surface area contributed by atoms with Crippen LogP contribution >= 0.6 is 0 Å². The number of benzene rings is 2. The van der Waals surface area contributed by atoms with E-state index in [1.807, 2.05) is 54.6 Å². The molecular weight excluding hydrogens is 268 g/mol. The number of methoxy groups -OCH3 is 1. The summed E-state index contributed by atoms with van der Waals surface area (Å²) >= 11 is 0. The highest BCUT2D eigenvalue weighted by Gasteiger charge is 2.12. The summed E-state index contributed by atoms with van der Waals surface area (Å²) in [5.41, 5.74) is 0.952. The van der Waals surface area contributed by atoms with Gasteiger partial charge >= 0.3 is 5.97 Å². The van der Waals surface area contributed by atoms with E-state index in [9.17, 15) is 4.79 Å². The van der Waals surface area contributed by atoms with Crippen LogP contribution in [0.15, 0.2) is 66.4 Å². The molecule has 0 atom stereocenters. The predicted octanol–water partition coefficient (Wildman–Crippen LogP) is 3.64. The molecule has 0 bridgehead atoms. The first-order valence-electron chi connectivity index (χ1n) is 6.46. The molecule has 0 amide bonds. The SMILES string of the molecule is CO/C=C(\Cc1ccccc1Oc1ccccc1)C(=O)O. The average Bonchev–Trinajstić information content (AvgIpc) is 2.49. The zero-order valence-corrected chi connectivity index (χ0v) is 11.7. The molecule has 0 saturated heterocycles. The van der Waals surface area contributed by atoms with Crippen LogP contribution in [0.1, 0.15) is 5.56 Å². The molecule has 0 heterocycles. The minimum Gasteiger partial charge on any atom is -0.504 e. The second kappa shape index (κ2) is 7.14. The van der Waals surface area contributed by atoms with Gasteiger partial charge < -0.3 is 14.6 Å². The average molecular weight is 284 g/mol. The molecular formula is C17H16O4. The van der Waals surface area contributed by atoms with Crippen LogP contribution < -0.4 is 4.74 Å². The molecule has 2 aromatic rings. The molecule has 0 aromatic heterocycles. The van der Waals surface area contributed by atoms with E-state index in [0.717, 1.165) is 5.56 Å². The summed E-state index contributed by atoms with van der Waals surface area (Å²) in [6, 6.07) is 16.7. The van der Waals surface area contributed by atoms with Gasteiger partial charge in [-0.3, -0.25) is 0 Å². The van der Waals surface area contributed by atoms with Crippen LogP contribution in [0.2, 0.25) is 0 Å². The second-order valence-corrected chi connectivity index (χ2v) is 4.38. The number of hydrogen-bond acceptors (Lipinski definition) is 3. The number of carboxylic acids is 1. The lowest BCUT2D eigenvalue weighted by Gasteiger charge is -2.11. The van der Waals surface area contributed by atoms with Crippen LogP contribution in [0.4, 0.5) is 0 Å². The van der Waals surface area contributed by atoms with Gasteiger partial charge in [-0.25, -0.2) is 4.79 Å². The van der Waals surface area contributed by atoms with Gasteiger partial charge in [0.2, 0.25) is 0 Å². The lowest BCUT2D eigenvalue weighted by molar-refractivity contribution is -0.132.